The number of hydrogen-bond acceptors (Lipinski definition) is 6. The summed E-state index contributed by atoms with van der Waals surface area (Å²) in [6.45, 7) is 12.1. The monoisotopic (exact) mass is 417 g/mol. The highest BCUT2D eigenvalue weighted by molar-refractivity contribution is 6.01. The maximum atomic E-state index is 13.3. The average molecular weight is 418 g/mol. The molecule has 0 radical (unpaired) electrons. The lowest BCUT2D eigenvalue weighted by Crippen LogP contribution is -2.34. The number of rotatable bonds is 2. The normalized spacial score (nSPS) is 19.8. The van der Waals surface area contributed by atoms with Gasteiger partial charge in [-0.15, -0.1) is 0 Å². The molecule has 160 valence electrons. The van der Waals surface area contributed by atoms with Crippen LogP contribution in [0.2, 0.25) is 0 Å². The van der Waals surface area contributed by atoms with E-state index in [1.807, 2.05) is 45.9 Å². The maximum absolute atomic E-state index is 13.3. The van der Waals surface area contributed by atoms with Gasteiger partial charge in [0.2, 0.25) is 0 Å². The predicted molar refractivity (Wildman–Crippen MR) is 117 cm³/mol. The zero-order valence-corrected chi connectivity index (χ0v) is 18.8. The molecule has 0 fully saturated rings. The van der Waals surface area contributed by atoms with Crippen LogP contribution in [0.15, 0.2) is 33.9 Å². The van der Waals surface area contributed by atoms with E-state index in [0.717, 1.165) is 57.7 Å². The van der Waals surface area contributed by atoms with E-state index < -0.39 is 0 Å². The summed E-state index contributed by atoms with van der Waals surface area (Å²) in [6, 6.07) is 5.86. The number of aromatic nitrogens is 4. The van der Waals surface area contributed by atoms with Gasteiger partial charge >= 0.3 is 0 Å². The molecule has 1 N–H and O–H groups in total. The van der Waals surface area contributed by atoms with Gasteiger partial charge in [0.25, 0.3) is 5.95 Å². The molecule has 2 aliphatic rings. The molecule has 1 aliphatic heterocycles. The van der Waals surface area contributed by atoms with Gasteiger partial charge in [0.05, 0.1) is 11.6 Å². The zero-order chi connectivity index (χ0) is 22.1. The number of Topliss-reactive ketones (excluding diaryl/α,β-unsaturated/α-hetero) is 1. The van der Waals surface area contributed by atoms with Crippen LogP contribution in [0, 0.1) is 33.1 Å². The summed E-state index contributed by atoms with van der Waals surface area (Å²) in [6.07, 6.45) is 1.30. The van der Waals surface area contributed by atoms with Crippen LogP contribution in [0.4, 0.5) is 5.82 Å². The van der Waals surface area contributed by atoms with Gasteiger partial charge in [-0.25, -0.2) is 9.97 Å². The molecule has 1 atom stereocenters. The van der Waals surface area contributed by atoms with E-state index in [4.69, 9.17) is 9.52 Å². The number of fused-ring (bicyclic) bond motifs is 1. The van der Waals surface area contributed by atoms with Crippen LogP contribution in [0.3, 0.4) is 0 Å². The minimum Gasteiger partial charge on any atom is -0.465 e. The van der Waals surface area contributed by atoms with E-state index in [2.05, 4.69) is 29.1 Å². The fourth-order valence-electron chi connectivity index (χ4n) is 4.91. The Balaban J connectivity index is 1.76. The molecule has 3 aromatic rings. The Kier molecular flexibility index (Phi) is 4.22. The van der Waals surface area contributed by atoms with Crippen molar-refractivity contribution in [1.82, 2.24) is 19.7 Å². The first-order chi connectivity index (χ1) is 14.6. The first kappa shape index (κ1) is 19.7. The van der Waals surface area contributed by atoms with Crippen molar-refractivity contribution in [2.24, 2.45) is 5.41 Å². The van der Waals surface area contributed by atoms with E-state index in [9.17, 15) is 4.79 Å². The third kappa shape index (κ3) is 3.19. The summed E-state index contributed by atoms with van der Waals surface area (Å²) in [5.74, 6) is 2.80. The molecule has 0 saturated carbocycles. The molecule has 0 aromatic carbocycles. The second-order valence-electron chi connectivity index (χ2n) is 9.55. The summed E-state index contributed by atoms with van der Waals surface area (Å²) < 4.78 is 7.82. The minimum absolute atomic E-state index is 0.111. The summed E-state index contributed by atoms with van der Waals surface area (Å²) in [4.78, 5) is 22.6. The molecular formula is C24H27N5O2. The third-order valence-electron chi connectivity index (χ3n) is 6.08. The molecular weight excluding hydrogens is 390 g/mol. The molecule has 1 aliphatic carbocycles. The van der Waals surface area contributed by atoms with Crippen molar-refractivity contribution in [3.05, 3.63) is 63.6 Å². The van der Waals surface area contributed by atoms with E-state index in [1.54, 1.807) is 4.68 Å². The predicted octanol–water partition coefficient (Wildman–Crippen LogP) is 4.69. The molecule has 7 heteroatoms. The molecule has 0 amide bonds. The molecule has 31 heavy (non-hydrogen) atoms. The van der Waals surface area contributed by atoms with Crippen LogP contribution < -0.4 is 5.32 Å². The van der Waals surface area contributed by atoms with Gasteiger partial charge in [-0.05, 0) is 57.7 Å². The van der Waals surface area contributed by atoms with Gasteiger partial charge in [0, 0.05) is 34.6 Å². The Morgan fingerprint density at radius 3 is 2.45 bits per heavy atom. The molecule has 5 rings (SSSR count). The lowest BCUT2D eigenvalue weighted by molar-refractivity contribution is -0.118. The van der Waals surface area contributed by atoms with E-state index in [1.165, 1.54) is 0 Å². The van der Waals surface area contributed by atoms with Crippen molar-refractivity contribution in [2.75, 3.05) is 5.32 Å². The summed E-state index contributed by atoms with van der Waals surface area (Å²) in [5, 5.41) is 8.35. The second-order valence-corrected chi connectivity index (χ2v) is 9.55. The highest BCUT2D eigenvalue weighted by Crippen LogP contribution is 2.50. The Morgan fingerprint density at radius 1 is 1.10 bits per heavy atom. The average Bonchev–Trinajstić information content (AvgIpc) is 3.22. The van der Waals surface area contributed by atoms with Crippen LogP contribution in [0.25, 0.3) is 5.95 Å². The highest BCUT2D eigenvalue weighted by Gasteiger charge is 2.44. The smallest absolute Gasteiger partial charge is 0.252 e. The Labute approximate surface area is 181 Å². The van der Waals surface area contributed by atoms with Gasteiger partial charge in [-0.1, -0.05) is 13.8 Å². The van der Waals surface area contributed by atoms with Gasteiger partial charge in [0.15, 0.2) is 5.78 Å². The fraction of sp³-hybridized carbons (Fsp3) is 0.417. The van der Waals surface area contributed by atoms with Crippen molar-refractivity contribution >= 4 is 11.6 Å². The lowest BCUT2D eigenvalue weighted by atomic mass is 9.70. The molecule has 4 heterocycles. The van der Waals surface area contributed by atoms with Crippen molar-refractivity contribution in [3.63, 3.8) is 0 Å². The number of furan rings is 1. The summed E-state index contributed by atoms with van der Waals surface area (Å²) >= 11 is 0. The standard InChI is InChI=1S/C24H27N5O2/c1-12-9-13(2)26-23(25-12)29-22-19(15(4)28-29)21(18-8-7-14(3)31-18)20-16(27-22)10-24(5,6)11-17(20)30/h7-9,21,27H,10-11H2,1-6H3. The molecule has 0 saturated heterocycles. The number of allylic oxidation sites excluding steroid dienone is 2. The fourth-order valence-corrected chi connectivity index (χ4v) is 4.91. The van der Waals surface area contributed by atoms with E-state index in [0.29, 0.717) is 12.4 Å². The quantitative estimate of drug-likeness (QED) is 0.651. The Hall–Kier alpha value is -3.22. The molecule has 7 nitrogen and oxygen atoms in total. The topological polar surface area (TPSA) is 85.8 Å². The van der Waals surface area contributed by atoms with Crippen LogP contribution in [-0.2, 0) is 4.79 Å². The number of nitrogens with one attached hydrogen (secondary N) is 1. The van der Waals surface area contributed by atoms with Gasteiger partial charge in [-0.3, -0.25) is 4.79 Å². The minimum atomic E-state index is -0.289. The SMILES string of the molecule is Cc1cc(C)nc(-n2nc(C)c3c2NC2=C(C(=O)CC(C)(C)C2)C3c2ccc(C)o2)n1. The Bertz CT molecular complexity index is 1240. The zero-order valence-electron chi connectivity index (χ0n) is 18.8. The van der Waals surface area contributed by atoms with Crippen molar-refractivity contribution in [3.8, 4) is 5.95 Å². The number of carbonyl (C=O) groups is 1. The number of aryl methyl sites for hydroxylation is 4. The number of hydrogen-bond donors (Lipinski definition) is 1. The summed E-state index contributed by atoms with van der Waals surface area (Å²) in [5.41, 5.74) is 5.17. The molecule has 1 unspecified atom stereocenters. The molecule has 3 aromatic heterocycles. The number of nitrogens with zero attached hydrogens (tertiary/aromatic N) is 4. The maximum Gasteiger partial charge on any atom is 0.252 e. The van der Waals surface area contributed by atoms with E-state index >= 15 is 0 Å². The van der Waals surface area contributed by atoms with Gasteiger partial charge in [-0.2, -0.15) is 9.78 Å². The second kappa shape index (κ2) is 6.64. The van der Waals surface area contributed by atoms with Crippen LogP contribution >= 0.6 is 0 Å². The highest BCUT2D eigenvalue weighted by atomic mass is 16.3. The molecule has 0 spiro atoms. The lowest BCUT2D eigenvalue weighted by Gasteiger charge is -2.38. The van der Waals surface area contributed by atoms with Crippen LogP contribution in [-0.4, -0.2) is 25.5 Å². The van der Waals surface area contributed by atoms with Gasteiger partial charge < -0.3 is 9.73 Å². The first-order valence-corrected chi connectivity index (χ1v) is 10.6. The van der Waals surface area contributed by atoms with Gasteiger partial charge in [0.1, 0.15) is 17.3 Å². The van der Waals surface area contributed by atoms with Crippen molar-refractivity contribution < 1.29 is 9.21 Å². The van der Waals surface area contributed by atoms with Crippen molar-refractivity contribution in [2.45, 2.75) is 60.3 Å². The molecule has 0 bridgehead atoms. The van der Waals surface area contributed by atoms with Crippen LogP contribution in [0.1, 0.15) is 66.8 Å². The third-order valence-corrected chi connectivity index (χ3v) is 6.08. The Morgan fingerprint density at radius 2 is 1.81 bits per heavy atom. The van der Waals surface area contributed by atoms with E-state index in [-0.39, 0.29) is 17.1 Å². The summed E-state index contributed by atoms with van der Waals surface area (Å²) in [7, 11) is 0. The number of anilines is 1. The number of ketones is 1. The largest absolute Gasteiger partial charge is 0.465 e. The number of carbonyl (C=O) groups excluding carboxylic acids is 1. The van der Waals surface area contributed by atoms with Crippen LogP contribution in [0.5, 0.6) is 0 Å². The first-order valence-electron chi connectivity index (χ1n) is 10.6. The van der Waals surface area contributed by atoms with Crippen molar-refractivity contribution in [1.29, 1.82) is 0 Å².